The Bertz CT molecular complexity index is 598. The molecule has 1 aromatic heterocycles. The summed E-state index contributed by atoms with van der Waals surface area (Å²) in [6.45, 7) is 4.34. The Morgan fingerprint density at radius 3 is 2.70 bits per heavy atom. The Kier molecular flexibility index (Phi) is 3.47. The van der Waals surface area contributed by atoms with Crippen molar-refractivity contribution < 1.29 is 4.52 Å². The quantitative estimate of drug-likeness (QED) is 0.841. The molecule has 3 rings (SSSR count). The standard InChI is InChI=1S/C16H21N3O/c1-10-3-6-12(7-4-10)15-18-16(20-19-15)14-9-13(17)8-5-11(14)2/h5,8-10,12H,3-4,6-7,17H2,1-2H3. The van der Waals surface area contributed by atoms with Gasteiger partial charge in [-0.3, -0.25) is 0 Å². The van der Waals surface area contributed by atoms with Gasteiger partial charge in [-0.05, 0) is 43.4 Å². The lowest BCUT2D eigenvalue weighted by Crippen LogP contribution is -2.11. The molecule has 4 heteroatoms. The minimum atomic E-state index is 0.449. The van der Waals surface area contributed by atoms with Gasteiger partial charge >= 0.3 is 0 Å². The van der Waals surface area contributed by atoms with Crippen LogP contribution in [0.3, 0.4) is 0 Å². The highest BCUT2D eigenvalue weighted by Crippen LogP contribution is 2.35. The first-order valence-electron chi connectivity index (χ1n) is 7.33. The number of nitrogens with two attached hydrogens (primary N) is 1. The maximum Gasteiger partial charge on any atom is 0.258 e. The summed E-state index contributed by atoms with van der Waals surface area (Å²) in [6.07, 6.45) is 4.84. The number of rotatable bonds is 2. The third kappa shape index (κ3) is 2.55. The van der Waals surface area contributed by atoms with E-state index in [0.29, 0.717) is 11.8 Å². The van der Waals surface area contributed by atoms with E-state index in [4.69, 9.17) is 10.3 Å². The van der Waals surface area contributed by atoms with E-state index in [2.05, 4.69) is 17.1 Å². The van der Waals surface area contributed by atoms with Crippen LogP contribution in [0, 0.1) is 12.8 Å². The van der Waals surface area contributed by atoms with Crippen molar-refractivity contribution in [2.24, 2.45) is 5.92 Å². The van der Waals surface area contributed by atoms with Gasteiger partial charge in [0, 0.05) is 17.2 Å². The summed E-state index contributed by atoms with van der Waals surface area (Å²) in [5, 5.41) is 4.19. The number of anilines is 1. The summed E-state index contributed by atoms with van der Waals surface area (Å²) >= 11 is 0. The largest absolute Gasteiger partial charge is 0.399 e. The van der Waals surface area contributed by atoms with Crippen molar-refractivity contribution in [3.05, 3.63) is 29.6 Å². The highest BCUT2D eigenvalue weighted by molar-refractivity contribution is 5.63. The topological polar surface area (TPSA) is 64.9 Å². The zero-order chi connectivity index (χ0) is 14.1. The fourth-order valence-electron chi connectivity index (χ4n) is 2.90. The number of hydrogen-bond acceptors (Lipinski definition) is 4. The third-order valence-corrected chi connectivity index (χ3v) is 4.31. The van der Waals surface area contributed by atoms with Crippen molar-refractivity contribution in [1.29, 1.82) is 0 Å². The van der Waals surface area contributed by atoms with Crippen molar-refractivity contribution >= 4 is 5.69 Å². The molecule has 20 heavy (non-hydrogen) atoms. The maximum atomic E-state index is 5.84. The molecule has 0 bridgehead atoms. The number of aryl methyl sites for hydroxylation is 1. The van der Waals surface area contributed by atoms with Gasteiger partial charge in [0.1, 0.15) is 0 Å². The zero-order valence-electron chi connectivity index (χ0n) is 12.1. The van der Waals surface area contributed by atoms with E-state index >= 15 is 0 Å². The van der Waals surface area contributed by atoms with Crippen LogP contribution in [0.15, 0.2) is 22.7 Å². The molecule has 1 aliphatic carbocycles. The molecule has 0 unspecified atom stereocenters. The van der Waals surface area contributed by atoms with Gasteiger partial charge in [-0.25, -0.2) is 0 Å². The monoisotopic (exact) mass is 271 g/mol. The second-order valence-corrected chi connectivity index (χ2v) is 5.99. The molecular formula is C16H21N3O. The Labute approximate surface area is 119 Å². The van der Waals surface area contributed by atoms with Crippen LogP contribution in [0.1, 0.15) is 49.9 Å². The first-order valence-corrected chi connectivity index (χ1v) is 7.33. The van der Waals surface area contributed by atoms with Crippen LogP contribution in [-0.2, 0) is 0 Å². The smallest absolute Gasteiger partial charge is 0.258 e. The summed E-state index contributed by atoms with van der Waals surface area (Å²) in [7, 11) is 0. The predicted molar refractivity (Wildman–Crippen MR) is 79.3 cm³/mol. The number of hydrogen-bond donors (Lipinski definition) is 1. The summed E-state index contributed by atoms with van der Waals surface area (Å²) < 4.78 is 5.45. The average molecular weight is 271 g/mol. The SMILES string of the molecule is Cc1ccc(N)cc1-c1nc(C2CCC(C)CC2)no1. The van der Waals surface area contributed by atoms with E-state index in [1.807, 2.05) is 25.1 Å². The van der Waals surface area contributed by atoms with Gasteiger partial charge in [0.25, 0.3) is 5.89 Å². The van der Waals surface area contributed by atoms with Crippen LogP contribution < -0.4 is 5.73 Å². The van der Waals surface area contributed by atoms with E-state index in [0.717, 1.165) is 41.4 Å². The first-order chi connectivity index (χ1) is 9.63. The van der Waals surface area contributed by atoms with Crippen LogP contribution in [0.5, 0.6) is 0 Å². The Morgan fingerprint density at radius 2 is 1.95 bits per heavy atom. The van der Waals surface area contributed by atoms with E-state index in [1.54, 1.807) is 0 Å². The summed E-state index contributed by atoms with van der Waals surface area (Å²) in [5.41, 5.74) is 8.60. The predicted octanol–water partition coefficient (Wildman–Crippen LogP) is 3.92. The molecule has 0 saturated heterocycles. The number of nitrogens with zero attached hydrogens (tertiary/aromatic N) is 2. The molecule has 0 atom stereocenters. The lowest BCUT2D eigenvalue weighted by atomic mass is 9.83. The highest BCUT2D eigenvalue weighted by Gasteiger charge is 2.24. The van der Waals surface area contributed by atoms with Crippen molar-refractivity contribution in [2.45, 2.75) is 45.4 Å². The molecule has 0 radical (unpaired) electrons. The van der Waals surface area contributed by atoms with Crippen LogP contribution >= 0.6 is 0 Å². The molecule has 106 valence electrons. The van der Waals surface area contributed by atoms with Crippen molar-refractivity contribution in [3.63, 3.8) is 0 Å². The molecule has 1 fully saturated rings. The second-order valence-electron chi connectivity index (χ2n) is 5.99. The Hall–Kier alpha value is -1.84. The summed E-state index contributed by atoms with van der Waals surface area (Å²) in [5.74, 6) is 2.72. The number of benzene rings is 1. The van der Waals surface area contributed by atoms with E-state index in [1.165, 1.54) is 12.8 Å². The molecule has 1 aromatic carbocycles. The second kappa shape index (κ2) is 5.27. The molecular weight excluding hydrogens is 250 g/mol. The molecule has 4 nitrogen and oxygen atoms in total. The minimum Gasteiger partial charge on any atom is -0.399 e. The fourth-order valence-corrected chi connectivity index (χ4v) is 2.90. The molecule has 0 spiro atoms. The lowest BCUT2D eigenvalue weighted by Gasteiger charge is -2.23. The molecule has 0 amide bonds. The van der Waals surface area contributed by atoms with Crippen molar-refractivity contribution in [3.8, 4) is 11.5 Å². The van der Waals surface area contributed by atoms with Crippen LogP contribution in [-0.4, -0.2) is 10.1 Å². The average Bonchev–Trinajstić information content (AvgIpc) is 2.92. The van der Waals surface area contributed by atoms with E-state index < -0.39 is 0 Å². The van der Waals surface area contributed by atoms with E-state index in [9.17, 15) is 0 Å². The van der Waals surface area contributed by atoms with Gasteiger partial charge in [-0.15, -0.1) is 0 Å². The van der Waals surface area contributed by atoms with Crippen molar-refractivity contribution in [2.75, 3.05) is 5.73 Å². The van der Waals surface area contributed by atoms with Crippen LogP contribution in [0.4, 0.5) is 5.69 Å². The zero-order valence-corrected chi connectivity index (χ0v) is 12.1. The van der Waals surface area contributed by atoms with Crippen LogP contribution in [0.25, 0.3) is 11.5 Å². The molecule has 1 saturated carbocycles. The molecule has 0 aliphatic heterocycles. The van der Waals surface area contributed by atoms with Crippen LogP contribution in [0.2, 0.25) is 0 Å². The number of aromatic nitrogens is 2. The minimum absolute atomic E-state index is 0.449. The summed E-state index contributed by atoms with van der Waals surface area (Å²) in [4.78, 5) is 4.60. The third-order valence-electron chi connectivity index (χ3n) is 4.31. The molecule has 2 N–H and O–H groups in total. The summed E-state index contributed by atoms with van der Waals surface area (Å²) in [6, 6.07) is 5.77. The highest BCUT2D eigenvalue weighted by atomic mass is 16.5. The Morgan fingerprint density at radius 1 is 1.20 bits per heavy atom. The normalized spacial score (nSPS) is 22.9. The molecule has 1 aliphatic rings. The van der Waals surface area contributed by atoms with Gasteiger partial charge in [0.15, 0.2) is 5.82 Å². The molecule has 2 aromatic rings. The lowest BCUT2D eigenvalue weighted by molar-refractivity contribution is 0.329. The van der Waals surface area contributed by atoms with Gasteiger partial charge < -0.3 is 10.3 Å². The van der Waals surface area contributed by atoms with E-state index in [-0.39, 0.29) is 0 Å². The Balaban J connectivity index is 1.85. The number of nitrogen functional groups attached to an aromatic ring is 1. The van der Waals surface area contributed by atoms with Gasteiger partial charge in [-0.2, -0.15) is 4.98 Å². The fraction of sp³-hybridized carbons (Fsp3) is 0.500. The molecule has 1 heterocycles. The van der Waals surface area contributed by atoms with Gasteiger partial charge in [0.2, 0.25) is 0 Å². The first kappa shape index (κ1) is 13.2. The van der Waals surface area contributed by atoms with Gasteiger partial charge in [0.05, 0.1) is 0 Å². The van der Waals surface area contributed by atoms with Gasteiger partial charge in [-0.1, -0.05) is 31.0 Å². The van der Waals surface area contributed by atoms with Crippen molar-refractivity contribution in [1.82, 2.24) is 10.1 Å². The maximum absolute atomic E-state index is 5.84.